The fraction of sp³-hybridized carbons (Fsp3) is 0.857. The maximum absolute atomic E-state index is 12.5. The standard InChI is InChI=1S/C14H26N2O2S/c1-5-12-13(17)15-11(9-10(3)4)14(18)16(12)7-8-19-6-2/h10-12H,5-9H2,1-4H3,(H,15,17). The minimum atomic E-state index is -0.332. The van der Waals surface area contributed by atoms with Gasteiger partial charge < -0.3 is 10.2 Å². The van der Waals surface area contributed by atoms with E-state index < -0.39 is 0 Å². The third-order valence-corrected chi connectivity index (χ3v) is 4.23. The van der Waals surface area contributed by atoms with Crippen LogP contribution in [0.25, 0.3) is 0 Å². The average molecular weight is 286 g/mol. The normalized spacial score (nSPS) is 23.9. The lowest BCUT2D eigenvalue weighted by atomic mass is 9.98. The molecule has 110 valence electrons. The molecule has 0 spiro atoms. The largest absolute Gasteiger partial charge is 0.342 e. The highest BCUT2D eigenvalue weighted by Crippen LogP contribution is 2.18. The molecule has 1 aliphatic heterocycles. The van der Waals surface area contributed by atoms with Crippen LogP contribution in [-0.2, 0) is 9.59 Å². The van der Waals surface area contributed by atoms with Crippen LogP contribution in [0.15, 0.2) is 0 Å². The molecule has 1 N–H and O–H groups in total. The summed E-state index contributed by atoms with van der Waals surface area (Å²) in [5.41, 5.74) is 0. The van der Waals surface area contributed by atoms with E-state index in [1.165, 1.54) is 0 Å². The molecule has 0 radical (unpaired) electrons. The van der Waals surface area contributed by atoms with Gasteiger partial charge in [-0.1, -0.05) is 27.7 Å². The van der Waals surface area contributed by atoms with Gasteiger partial charge in [-0.05, 0) is 24.5 Å². The van der Waals surface area contributed by atoms with E-state index in [1.54, 1.807) is 4.90 Å². The van der Waals surface area contributed by atoms with Crippen LogP contribution in [0.5, 0.6) is 0 Å². The number of thioether (sulfide) groups is 1. The minimum absolute atomic E-state index is 0.00856. The molecule has 0 saturated carbocycles. The summed E-state index contributed by atoms with van der Waals surface area (Å²) in [6.45, 7) is 8.89. The van der Waals surface area contributed by atoms with Crippen molar-refractivity contribution in [1.29, 1.82) is 0 Å². The Hall–Kier alpha value is -0.710. The van der Waals surface area contributed by atoms with E-state index in [0.717, 1.165) is 17.9 Å². The van der Waals surface area contributed by atoms with Gasteiger partial charge in [0.2, 0.25) is 11.8 Å². The molecule has 0 aromatic heterocycles. The topological polar surface area (TPSA) is 49.4 Å². The Morgan fingerprint density at radius 2 is 2.00 bits per heavy atom. The number of piperazine rings is 1. The first-order valence-electron chi connectivity index (χ1n) is 7.19. The van der Waals surface area contributed by atoms with Crippen molar-refractivity contribution >= 4 is 23.6 Å². The van der Waals surface area contributed by atoms with Crippen LogP contribution in [-0.4, -0.2) is 46.8 Å². The Morgan fingerprint density at radius 3 is 2.53 bits per heavy atom. The molecule has 0 aromatic carbocycles. The number of hydrogen-bond donors (Lipinski definition) is 1. The highest BCUT2D eigenvalue weighted by molar-refractivity contribution is 7.99. The highest BCUT2D eigenvalue weighted by atomic mass is 32.2. The molecule has 4 nitrogen and oxygen atoms in total. The molecule has 2 atom stereocenters. The number of carbonyl (C=O) groups is 2. The van der Waals surface area contributed by atoms with Crippen molar-refractivity contribution < 1.29 is 9.59 Å². The third-order valence-electron chi connectivity index (χ3n) is 3.35. The first-order chi connectivity index (χ1) is 9.01. The molecule has 1 fully saturated rings. The number of nitrogens with one attached hydrogen (secondary N) is 1. The van der Waals surface area contributed by atoms with Gasteiger partial charge >= 0.3 is 0 Å². The molecule has 0 bridgehead atoms. The van der Waals surface area contributed by atoms with E-state index in [1.807, 2.05) is 18.7 Å². The second-order valence-electron chi connectivity index (χ2n) is 5.34. The van der Waals surface area contributed by atoms with Crippen LogP contribution in [0, 0.1) is 5.92 Å². The Labute approximate surface area is 120 Å². The molecular weight excluding hydrogens is 260 g/mol. The van der Waals surface area contributed by atoms with Gasteiger partial charge in [-0.3, -0.25) is 9.59 Å². The summed E-state index contributed by atoms with van der Waals surface area (Å²) < 4.78 is 0. The summed E-state index contributed by atoms with van der Waals surface area (Å²) >= 11 is 1.81. The fourth-order valence-electron chi connectivity index (χ4n) is 2.44. The van der Waals surface area contributed by atoms with Gasteiger partial charge in [0.25, 0.3) is 0 Å². The second kappa shape index (κ2) is 7.78. The summed E-state index contributed by atoms with van der Waals surface area (Å²) in [6.07, 6.45) is 1.40. The van der Waals surface area contributed by atoms with E-state index in [9.17, 15) is 9.59 Å². The lowest BCUT2D eigenvalue weighted by Crippen LogP contribution is -2.63. The molecule has 0 aromatic rings. The van der Waals surface area contributed by atoms with Crippen molar-refractivity contribution in [3.05, 3.63) is 0 Å². The molecule has 2 amide bonds. The molecule has 1 rings (SSSR count). The molecule has 0 aliphatic carbocycles. The SMILES string of the molecule is CCSCCN1C(=O)C(CC(C)C)NC(=O)C1CC. The monoisotopic (exact) mass is 286 g/mol. The van der Waals surface area contributed by atoms with Gasteiger partial charge in [-0.2, -0.15) is 11.8 Å². The van der Waals surface area contributed by atoms with Crippen LogP contribution in [0.2, 0.25) is 0 Å². The van der Waals surface area contributed by atoms with Crippen molar-refractivity contribution in [3.63, 3.8) is 0 Å². The van der Waals surface area contributed by atoms with Crippen molar-refractivity contribution in [3.8, 4) is 0 Å². The van der Waals surface area contributed by atoms with E-state index in [2.05, 4.69) is 26.1 Å². The maximum Gasteiger partial charge on any atom is 0.245 e. The first kappa shape index (κ1) is 16.3. The van der Waals surface area contributed by atoms with Crippen LogP contribution in [0.4, 0.5) is 0 Å². The Kier molecular flexibility index (Phi) is 6.69. The van der Waals surface area contributed by atoms with Gasteiger partial charge in [0.15, 0.2) is 0 Å². The highest BCUT2D eigenvalue weighted by Gasteiger charge is 2.39. The molecule has 5 heteroatoms. The molecule has 1 heterocycles. The number of amides is 2. The van der Waals surface area contributed by atoms with Crippen LogP contribution in [0.1, 0.15) is 40.5 Å². The average Bonchev–Trinajstić information content (AvgIpc) is 2.34. The Balaban J connectivity index is 2.74. The summed E-state index contributed by atoms with van der Waals surface area (Å²) in [7, 11) is 0. The van der Waals surface area contributed by atoms with E-state index in [4.69, 9.17) is 0 Å². The summed E-state index contributed by atoms with van der Waals surface area (Å²) in [4.78, 5) is 26.4. The molecule has 1 aliphatic rings. The maximum atomic E-state index is 12.5. The predicted molar refractivity (Wildman–Crippen MR) is 80.2 cm³/mol. The number of nitrogens with zero attached hydrogens (tertiary/aromatic N) is 1. The van der Waals surface area contributed by atoms with Gasteiger partial charge in [0, 0.05) is 12.3 Å². The zero-order valence-electron chi connectivity index (χ0n) is 12.4. The van der Waals surface area contributed by atoms with Gasteiger partial charge in [0.05, 0.1) is 0 Å². The van der Waals surface area contributed by atoms with Gasteiger partial charge in [-0.15, -0.1) is 0 Å². The zero-order chi connectivity index (χ0) is 14.4. The predicted octanol–water partition coefficient (Wildman–Crippen LogP) is 1.89. The van der Waals surface area contributed by atoms with Crippen molar-refractivity contribution in [1.82, 2.24) is 10.2 Å². The quantitative estimate of drug-likeness (QED) is 0.727. The van der Waals surface area contributed by atoms with Gasteiger partial charge in [-0.25, -0.2) is 0 Å². The van der Waals surface area contributed by atoms with E-state index in [0.29, 0.717) is 18.9 Å². The molecule has 2 unspecified atom stereocenters. The number of hydrogen-bond acceptors (Lipinski definition) is 3. The molecule has 19 heavy (non-hydrogen) atoms. The number of carbonyl (C=O) groups excluding carboxylic acids is 2. The van der Waals surface area contributed by atoms with E-state index in [-0.39, 0.29) is 23.9 Å². The van der Waals surface area contributed by atoms with Crippen LogP contribution in [0.3, 0.4) is 0 Å². The zero-order valence-corrected chi connectivity index (χ0v) is 13.3. The smallest absolute Gasteiger partial charge is 0.245 e. The fourth-order valence-corrected chi connectivity index (χ4v) is 3.05. The van der Waals surface area contributed by atoms with Crippen molar-refractivity contribution in [2.75, 3.05) is 18.1 Å². The van der Waals surface area contributed by atoms with Crippen LogP contribution < -0.4 is 5.32 Å². The lowest BCUT2D eigenvalue weighted by molar-refractivity contribution is -0.149. The van der Waals surface area contributed by atoms with Gasteiger partial charge in [0.1, 0.15) is 12.1 Å². The number of rotatable bonds is 7. The Bertz CT molecular complexity index is 321. The lowest BCUT2D eigenvalue weighted by Gasteiger charge is -2.39. The summed E-state index contributed by atoms with van der Waals surface area (Å²) in [5.74, 6) is 2.45. The van der Waals surface area contributed by atoms with Crippen molar-refractivity contribution in [2.24, 2.45) is 5.92 Å². The van der Waals surface area contributed by atoms with Crippen LogP contribution >= 0.6 is 11.8 Å². The third kappa shape index (κ3) is 4.41. The van der Waals surface area contributed by atoms with E-state index >= 15 is 0 Å². The van der Waals surface area contributed by atoms with Crippen molar-refractivity contribution in [2.45, 2.75) is 52.6 Å². The minimum Gasteiger partial charge on any atom is -0.342 e. The summed E-state index contributed by atoms with van der Waals surface area (Å²) in [5, 5.41) is 2.88. The second-order valence-corrected chi connectivity index (χ2v) is 6.74. The summed E-state index contributed by atoms with van der Waals surface area (Å²) in [6, 6.07) is -0.615. The Morgan fingerprint density at radius 1 is 1.32 bits per heavy atom. The first-order valence-corrected chi connectivity index (χ1v) is 8.35. The molecular formula is C14H26N2O2S. The molecule has 1 saturated heterocycles.